The molecule has 0 heterocycles. The molecule has 0 unspecified atom stereocenters. The second-order valence-electron chi connectivity index (χ2n) is 6.91. The quantitative estimate of drug-likeness (QED) is 0.364. The number of ether oxygens (including phenoxy) is 4. The molecule has 31 heavy (non-hydrogen) atoms. The third-order valence-electron chi connectivity index (χ3n) is 4.94. The van der Waals surface area contributed by atoms with Crippen molar-refractivity contribution in [2.75, 3.05) is 28.4 Å². The van der Waals surface area contributed by atoms with Gasteiger partial charge in [0.05, 0.1) is 28.4 Å². The first-order valence-corrected chi connectivity index (χ1v) is 10.9. The SMILES string of the molecule is COc1ccc(CN(Cc2ccc(OC)cc2OC)SCc2ccccc2)c(OC)c1. The second-order valence-corrected chi connectivity index (χ2v) is 7.98. The van der Waals surface area contributed by atoms with E-state index in [-0.39, 0.29) is 0 Å². The van der Waals surface area contributed by atoms with E-state index in [2.05, 4.69) is 40.7 Å². The van der Waals surface area contributed by atoms with Gasteiger partial charge in [0, 0.05) is 42.1 Å². The first kappa shape index (κ1) is 22.8. The Bertz CT molecular complexity index is 907. The van der Waals surface area contributed by atoms with E-state index in [1.54, 1.807) is 40.4 Å². The molecule has 3 rings (SSSR count). The van der Waals surface area contributed by atoms with Gasteiger partial charge in [-0.25, -0.2) is 4.31 Å². The Morgan fingerprint density at radius 1 is 0.645 bits per heavy atom. The van der Waals surface area contributed by atoms with Crippen LogP contribution in [-0.4, -0.2) is 32.7 Å². The fraction of sp³-hybridized carbons (Fsp3) is 0.280. The van der Waals surface area contributed by atoms with Gasteiger partial charge >= 0.3 is 0 Å². The maximum Gasteiger partial charge on any atom is 0.127 e. The van der Waals surface area contributed by atoms with Gasteiger partial charge in [0.15, 0.2) is 0 Å². The lowest BCUT2D eigenvalue weighted by atomic mass is 10.1. The zero-order chi connectivity index (χ0) is 22.1. The number of methoxy groups -OCH3 is 4. The minimum absolute atomic E-state index is 0.708. The Morgan fingerprint density at radius 2 is 1.16 bits per heavy atom. The van der Waals surface area contributed by atoms with Crippen molar-refractivity contribution >= 4 is 11.9 Å². The van der Waals surface area contributed by atoms with E-state index in [1.807, 2.05) is 30.3 Å². The first-order valence-electron chi connectivity index (χ1n) is 10.0. The highest BCUT2D eigenvalue weighted by atomic mass is 32.2. The number of nitrogens with zero attached hydrogens (tertiary/aromatic N) is 1. The van der Waals surface area contributed by atoms with Crippen molar-refractivity contribution in [3.8, 4) is 23.0 Å². The molecule has 6 heteroatoms. The number of benzene rings is 3. The highest BCUT2D eigenvalue weighted by Crippen LogP contribution is 2.32. The summed E-state index contributed by atoms with van der Waals surface area (Å²) in [4.78, 5) is 0. The standard InChI is InChI=1S/C25H29NO4S/c1-27-22-12-10-20(24(14-22)29-3)16-26(31-18-19-8-6-5-7-9-19)17-21-11-13-23(28-2)15-25(21)30-4/h5-15H,16-18H2,1-4H3. The number of rotatable bonds is 11. The van der Waals surface area contributed by atoms with E-state index < -0.39 is 0 Å². The summed E-state index contributed by atoms with van der Waals surface area (Å²) in [5.41, 5.74) is 3.47. The van der Waals surface area contributed by atoms with Crippen LogP contribution in [0.25, 0.3) is 0 Å². The van der Waals surface area contributed by atoms with Crippen LogP contribution in [0.1, 0.15) is 16.7 Å². The normalized spacial score (nSPS) is 10.7. The molecule has 0 aromatic heterocycles. The minimum Gasteiger partial charge on any atom is -0.497 e. The highest BCUT2D eigenvalue weighted by molar-refractivity contribution is 7.96. The number of hydrogen-bond acceptors (Lipinski definition) is 6. The molecule has 164 valence electrons. The molecule has 0 bridgehead atoms. The fourth-order valence-electron chi connectivity index (χ4n) is 3.23. The summed E-state index contributed by atoms with van der Waals surface area (Å²) in [5.74, 6) is 4.05. The predicted octanol–water partition coefficient (Wildman–Crippen LogP) is 5.57. The van der Waals surface area contributed by atoms with Crippen molar-refractivity contribution in [2.24, 2.45) is 0 Å². The van der Waals surface area contributed by atoms with Crippen LogP contribution in [-0.2, 0) is 18.8 Å². The van der Waals surface area contributed by atoms with Gasteiger partial charge in [0.2, 0.25) is 0 Å². The van der Waals surface area contributed by atoms with E-state index in [4.69, 9.17) is 18.9 Å². The summed E-state index contributed by atoms with van der Waals surface area (Å²) in [6.07, 6.45) is 0. The van der Waals surface area contributed by atoms with Crippen LogP contribution in [0.5, 0.6) is 23.0 Å². The van der Waals surface area contributed by atoms with Crippen LogP contribution >= 0.6 is 11.9 Å². The molecule has 0 spiro atoms. The molecule has 5 nitrogen and oxygen atoms in total. The van der Waals surface area contributed by atoms with E-state index in [0.717, 1.165) is 39.9 Å². The molecule has 3 aromatic rings. The Morgan fingerprint density at radius 3 is 1.61 bits per heavy atom. The summed E-state index contributed by atoms with van der Waals surface area (Å²) >= 11 is 1.78. The molecule has 0 radical (unpaired) electrons. The van der Waals surface area contributed by atoms with Crippen LogP contribution < -0.4 is 18.9 Å². The summed E-state index contributed by atoms with van der Waals surface area (Å²) in [6.45, 7) is 1.42. The van der Waals surface area contributed by atoms with Crippen molar-refractivity contribution in [3.63, 3.8) is 0 Å². The summed E-state index contributed by atoms with van der Waals surface area (Å²) < 4.78 is 24.2. The third-order valence-corrected chi connectivity index (χ3v) is 6.02. The van der Waals surface area contributed by atoms with Gasteiger partial charge in [-0.05, 0) is 17.7 Å². The van der Waals surface area contributed by atoms with Crippen LogP contribution in [0.4, 0.5) is 0 Å². The maximum absolute atomic E-state index is 5.62. The monoisotopic (exact) mass is 439 g/mol. The fourth-order valence-corrected chi connectivity index (χ4v) is 4.22. The van der Waals surface area contributed by atoms with Crippen molar-refractivity contribution < 1.29 is 18.9 Å². The van der Waals surface area contributed by atoms with Crippen LogP contribution in [0.15, 0.2) is 66.7 Å². The average molecular weight is 440 g/mol. The lowest BCUT2D eigenvalue weighted by molar-refractivity contribution is 0.372. The zero-order valence-electron chi connectivity index (χ0n) is 18.5. The molecule has 0 aliphatic rings. The molecule has 0 saturated heterocycles. The van der Waals surface area contributed by atoms with Gasteiger partial charge in [-0.3, -0.25) is 0 Å². The Labute approximate surface area is 189 Å². The second kappa shape index (κ2) is 11.5. The first-order chi connectivity index (χ1) is 15.2. The average Bonchev–Trinajstić information content (AvgIpc) is 2.83. The molecule has 0 fully saturated rings. The van der Waals surface area contributed by atoms with Gasteiger partial charge in [-0.15, -0.1) is 0 Å². The highest BCUT2D eigenvalue weighted by Gasteiger charge is 2.15. The molecule has 0 saturated carbocycles. The Kier molecular flexibility index (Phi) is 8.50. The van der Waals surface area contributed by atoms with Crippen molar-refractivity contribution in [1.29, 1.82) is 0 Å². The van der Waals surface area contributed by atoms with Gasteiger partial charge in [0.1, 0.15) is 23.0 Å². The summed E-state index contributed by atoms with van der Waals surface area (Å²) in [5, 5.41) is 0. The summed E-state index contributed by atoms with van der Waals surface area (Å²) in [6, 6.07) is 22.3. The van der Waals surface area contributed by atoms with Gasteiger partial charge in [-0.1, -0.05) is 54.4 Å². The molecular formula is C25H29NO4S. The molecule has 0 N–H and O–H groups in total. The van der Waals surface area contributed by atoms with Crippen molar-refractivity contribution in [2.45, 2.75) is 18.8 Å². The van der Waals surface area contributed by atoms with Crippen LogP contribution in [0.2, 0.25) is 0 Å². The van der Waals surface area contributed by atoms with Crippen molar-refractivity contribution in [3.05, 3.63) is 83.4 Å². The van der Waals surface area contributed by atoms with E-state index >= 15 is 0 Å². The third kappa shape index (κ3) is 6.32. The molecule has 0 atom stereocenters. The number of hydrogen-bond donors (Lipinski definition) is 0. The zero-order valence-corrected chi connectivity index (χ0v) is 19.3. The Balaban J connectivity index is 1.84. The van der Waals surface area contributed by atoms with Crippen molar-refractivity contribution in [1.82, 2.24) is 4.31 Å². The van der Waals surface area contributed by atoms with Gasteiger partial charge < -0.3 is 18.9 Å². The van der Waals surface area contributed by atoms with Gasteiger partial charge in [-0.2, -0.15) is 0 Å². The molecular weight excluding hydrogens is 410 g/mol. The molecule has 0 aliphatic heterocycles. The minimum atomic E-state index is 0.708. The smallest absolute Gasteiger partial charge is 0.127 e. The predicted molar refractivity (Wildman–Crippen MR) is 126 cm³/mol. The van der Waals surface area contributed by atoms with E-state index in [9.17, 15) is 0 Å². The Hall–Kier alpha value is -2.83. The molecule has 3 aromatic carbocycles. The van der Waals surface area contributed by atoms with Crippen LogP contribution in [0, 0.1) is 0 Å². The van der Waals surface area contributed by atoms with E-state index in [0.29, 0.717) is 13.1 Å². The topological polar surface area (TPSA) is 40.2 Å². The largest absolute Gasteiger partial charge is 0.497 e. The summed E-state index contributed by atoms with van der Waals surface area (Å²) in [7, 11) is 6.69. The lowest BCUT2D eigenvalue weighted by Gasteiger charge is -2.24. The molecule has 0 aliphatic carbocycles. The van der Waals surface area contributed by atoms with Gasteiger partial charge in [0.25, 0.3) is 0 Å². The van der Waals surface area contributed by atoms with E-state index in [1.165, 1.54) is 5.56 Å². The maximum atomic E-state index is 5.62. The lowest BCUT2D eigenvalue weighted by Crippen LogP contribution is -2.16. The molecule has 0 amide bonds. The van der Waals surface area contributed by atoms with Crippen LogP contribution in [0.3, 0.4) is 0 Å².